The number of rotatable bonds is 34. The summed E-state index contributed by atoms with van der Waals surface area (Å²) in [7, 11) is 0. The second-order valence-corrected chi connectivity index (χ2v) is 15.9. The summed E-state index contributed by atoms with van der Waals surface area (Å²) in [5, 5.41) is 71.7. The van der Waals surface area contributed by atoms with Crippen LogP contribution in [0, 0.1) is 0 Å². The molecule has 14 heteroatoms. The van der Waals surface area contributed by atoms with Crippen LogP contribution in [0.2, 0.25) is 0 Å². The number of esters is 1. The molecule has 7 N–H and O–H groups in total. The van der Waals surface area contributed by atoms with E-state index in [0.717, 1.165) is 57.8 Å². The molecule has 0 saturated carbocycles. The van der Waals surface area contributed by atoms with E-state index in [2.05, 4.69) is 26.0 Å². The first-order valence-corrected chi connectivity index (χ1v) is 22.3. The van der Waals surface area contributed by atoms with E-state index < -0.39 is 80.7 Å². The van der Waals surface area contributed by atoms with Crippen LogP contribution < -0.4 is 0 Å². The minimum atomic E-state index is -1.70. The van der Waals surface area contributed by atoms with Crippen molar-refractivity contribution in [2.75, 3.05) is 33.0 Å². The fourth-order valence-electron chi connectivity index (χ4n) is 7.04. The molecule has 0 radical (unpaired) electrons. The molecule has 0 bridgehead atoms. The summed E-state index contributed by atoms with van der Waals surface area (Å²) in [4.78, 5) is 12.9. The van der Waals surface area contributed by atoms with E-state index in [1.807, 2.05) is 0 Å². The molecule has 0 amide bonds. The van der Waals surface area contributed by atoms with Gasteiger partial charge in [0.1, 0.15) is 54.9 Å². The van der Waals surface area contributed by atoms with E-state index in [4.69, 9.17) is 28.4 Å². The third-order valence-electron chi connectivity index (χ3n) is 10.8. The zero-order valence-electron chi connectivity index (χ0n) is 35.1. The molecule has 0 aromatic carbocycles. The third kappa shape index (κ3) is 21.7. The molecular weight excluding hydrogens is 740 g/mol. The predicted molar refractivity (Wildman–Crippen MR) is 215 cm³/mol. The van der Waals surface area contributed by atoms with E-state index in [0.29, 0.717) is 13.0 Å². The second kappa shape index (κ2) is 32.5. The molecule has 0 aromatic rings. The molecule has 11 atom stereocenters. The SMILES string of the molecule is CCCCCCCC/C=C\CCCCCCCC(=O)OC(COCCCCCCCCCC)COC1OC(COC2OC(CO)C(O)C(O)C2O)C(O)C(O)C1O. The molecule has 2 rings (SSSR count). The van der Waals surface area contributed by atoms with Gasteiger partial charge in [-0.15, -0.1) is 0 Å². The Bertz CT molecular complexity index is 1000. The summed E-state index contributed by atoms with van der Waals surface area (Å²) in [6.45, 7) is 3.63. The van der Waals surface area contributed by atoms with Gasteiger partial charge in [0, 0.05) is 13.0 Å². The van der Waals surface area contributed by atoms with Gasteiger partial charge in [-0.2, -0.15) is 0 Å². The number of unbranched alkanes of at least 4 members (excludes halogenated alkanes) is 18. The van der Waals surface area contributed by atoms with Crippen molar-refractivity contribution in [3.05, 3.63) is 12.2 Å². The van der Waals surface area contributed by atoms with Crippen LogP contribution in [0.4, 0.5) is 0 Å². The molecule has 11 unspecified atom stereocenters. The van der Waals surface area contributed by atoms with Crippen molar-refractivity contribution in [2.45, 2.75) is 223 Å². The predicted octanol–water partition coefficient (Wildman–Crippen LogP) is 4.73. The highest BCUT2D eigenvalue weighted by atomic mass is 16.7. The Labute approximate surface area is 342 Å². The number of carbonyl (C=O) groups is 1. The van der Waals surface area contributed by atoms with E-state index in [-0.39, 0.29) is 25.6 Å². The van der Waals surface area contributed by atoms with Crippen LogP contribution in [-0.4, -0.2) is 142 Å². The largest absolute Gasteiger partial charge is 0.457 e. The summed E-state index contributed by atoms with van der Waals surface area (Å²) in [5.74, 6) is -0.386. The van der Waals surface area contributed by atoms with Crippen LogP contribution in [0.25, 0.3) is 0 Å². The molecule has 2 heterocycles. The van der Waals surface area contributed by atoms with Crippen molar-refractivity contribution in [3.8, 4) is 0 Å². The summed E-state index contributed by atoms with van der Waals surface area (Å²) < 4.78 is 34.0. The molecular formula is C43H80O14. The molecule has 0 spiro atoms. The van der Waals surface area contributed by atoms with Gasteiger partial charge in [0.2, 0.25) is 0 Å². The highest BCUT2D eigenvalue weighted by molar-refractivity contribution is 5.69. The quantitative estimate of drug-likeness (QED) is 0.0266. The Morgan fingerprint density at radius 2 is 1.04 bits per heavy atom. The van der Waals surface area contributed by atoms with E-state index >= 15 is 0 Å². The maximum atomic E-state index is 12.9. The number of hydrogen-bond donors (Lipinski definition) is 7. The zero-order valence-corrected chi connectivity index (χ0v) is 35.1. The smallest absolute Gasteiger partial charge is 0.306 e. The van der Waals surface area contributed by atoms with Crippen LogP contribution >= 0.6 is 0 Å². The van der Waals surface area contributed by atoms with Gasteiger partial charge < -0.3 is 64.2 Å². The van der Waals surface area contributed by atoms with Crippen molar-refractivity contribution in [1.82, 2.24) is 0 Å². The minimum Gasteiger partial charge on any atom is -0.457 e. The Hall–Kier alpha value is -1.27. The lowest BCUT2D eigenvalue weighted by molar-refractivity contribution is -0.332. The van der Waals surface area contributed by atoms with Crippen LogP contribution in [0.5, 0.6) is 0 Å². The molecule has 336 valence electrons. The van der Waals surface area contributed by atoms with Crippen molar-refractivity contribution in [2.24, 2.45) is 0 Å². The Morgan fingerprint density at radius 1 is 0.561 bits per heavy atom. The van der Waals surface area contributed by atoms with Gasteiger partial charge in [-0.05, 0) is 38.5 Å². The van der Waals surface area contributed by atoms with Crippen molar-refractivity contribution in [1.29, 1.82) is 0 Å². The van der Waals surface area contributed by atoms with Crippen LogP contribution in [0.15, 0.2) is 12.2 Å². The Morgan fingerprint density at radius 3 is 1.60 bits per heavy atom. The lowest BCUT2D eigenvalue weighted by Crippen LogP contribution is -2.61. The number of aliphatic hydroxyl groups excluding tert-OH is 7. The van der Waals surface area contributed by atoms with Gasteiger partial charge in [0.05, 0.1) is 26.4 Å². The number of ether oxygens (including phenoxy) is 6. The summed E-state index contributed by atoms with van der Waals surface area (Å²) >= 11 is 0. The molecule has 0 aliphatic carbocycles. The second-order valence-electron chi connectivity index (χ2n) is 15.9. The summed E-state index contributed by atoms with van der Waals surface area (Å²) in [5.41, 5.74) is 0. The molecule has 2 fully saturated rings. The first-order valence-electron chi connectivity index (χ1n) is 22.3. The molecule has 14 nitrogen and oxygen atoms in total. The fraction of sp³-hybridized carbons (Fsp3) is 0.930. The van der Waals surface area contributed by atoms with Crippen LogP contribution in [-0.2, 0) is 33.2 Å². The van der Waals surface area contributed by atoms with Crippen molar-refractivity contribution in [3.63, 3.8) is 0 Å². The van der Waals surface area contributed by atoms with E-state index in [1.54, 1.807) is 0 Å². The number of allylic oxidation sites excluding steroid dienone is 2. The van der Waals surface area contributed by atoms with Crippen molar-refractivity contribution >= 4 is 5.97 Å². The maximum Gasteiger partial charge on any atom is 0.306 e. The van der Waals surface area contributed by atoms with Gasteiger partial charge in [-0.1, -0.05) is 122 Å². The first kappa shape index (κ1) is 51.9. The Kier molecular flexibility index (Phi) is 29.6. The zero-order chi connectivity index (χ0) is 41.7. The van der Waals surface area contributed by atoms with E-state index in [1.165, 1.54) is 70.6 Å². The van der Waals surface area contributed by atoms with E-state index in [9.17, 15) is 40.5 Å². The summed E-state index contributed by atoms with van der Waals surface area (Å²) in [6.07, 6.45) is 12.9. The van der Waals surface area contributed by atoms with Gasteiger partial charge in [0.15, 0.2) is 12.6 Å². The molecule has 57 heavy (non-hydrogen) atoms. The normalized spacial score (nSPS) is 28.6. The molecule has 0 aromatic heterocycles. The Balaban J connectivity index is 1.81. The number of hydrogen-bond acceptors (Lipinski definition) is 14. The lowest BCUT2D eigenvalue weighted by atomic mass is 9.98. The monoisotopic (exact) mass is 821 g/mol. The number of aliphatic hydroxyl groups is 7. The van der Waals surface area contributed by atoms with Crippen molar-refractivity contribution < 1.29 is 69.0 Å². The molecule has 2 aliphatic rings. The van der Waals surface area contributed by atoms with Gasteiger partial charge in [0.25, 0.3) is 0 Å². The van der Waals surface area contributed by atoms with Gasteiger partial charge in [-0.3, -0.25) is 4.79 Å². The molecule has 2 aliphatic heterocycles. The van der Waals surface area contributed by atoms with Crippen LogP contribution in [0.1, 0.15) is 155 Å². The van der Waals surface area contributed by atoms with Crippen LogP contribution in [0.3, 0.4) is 0 Å². The van der Waals surface area contributed by atoms with Gasteiger partial charge in [-0.25, -0.2) is 0 Å². The number of carbonyl (C=O) groups excluding carboxylic acids is 1. The average Bonchev–Trinajstić information content (AvgIpc) is 3.20. The first-order chi connectivity index (χ1) is 27.6. The molecule has 2 saturated heterocycles. The summed E-state index contributed by atoms with van der Waals surface area (Å²) in [6, 6.07) is 0. The topological polar surface area (TPSA) is 214 Å². The standard InChI is InChI=1S/C43H80O14/c1-3-5-7-9-11-13-14-15-16-17-18-19-20-22-24-26-35(45)55-32(29-52-27-25-23-21-12-10-8-6-4-2)30-53-42-41(51)39(49)37(47)34(57-42)31-54-43-40(50)38(48)36(46)33(28-44)56-43/h15-16,32-34,36-44,46-51H,3-14,17-31H2,1-2H3/b16-15-. The maximum absolute atomic E-state index is 12.9. The van der Waals surface area contributed by atoms with Gasteiger partial charge >= 0.3 is 5.97 Å². The average molecular weight is 821 g/mol. The minimum absolute atomic E-state index is 0.0618. The third-order valence-corrected chi connectivity index (χ3v) is 10.8. The highest BCUT2D eigenvalue weighted by Crippen LogP contribution is 2.26. The fourth-order valence-corrected chi connectivity index (χ4v) is 7.04. The highest BCUT2D eigenvalue weighted by Gasteiger charge is 2.47. The lowest BCUT2D eigenvalue weighted by Gasteiger charge is -2.42.